The van der Waals surface area contributed by atoms with Crippen molar-refractivity contribution in [3.63, 3.8) is 0 Å². The van der Waals surface area contributed by atoms with Crippen LogP contribution in [-0.4, -0.2) is 40.9 Å². The lowest BCUT2D eigenvalue weighted by Crippen LogP contribution is -2.46. The molecule has 0 bridgehead atoms. The number of imidazole rings is 1. The third-order valence-electron chi connectivity index (χ3n) is 3.10. The summed E-state index contributed by atoms with van der Waals surface area (Å²) in [5.41, 5.74) is 0. The van der Waals surface area contributed by atoms with E-state index in [1.54, 1.807) is 12.5 Å². The number of rotatable bonds is 5. The van der Waals surface area contributed by atoms with Gasteiger partial charge < -0.3 is 19.9 Å². The van der Waals surface area contributed by atoms with Crippen molar-refractivity contribution in [1.29, 1.82) is 0 Å². The Labute approximate surface area is 107 Å². The van der Waals surface area contributed by atoms with Crippen LogP contribution in [0.25, 0.3) is 0 Å². The third kappa shape index (κ3) is 3.73. The van der Waals surface area contributed by atoms with E-state index in [2.05, 4.69) is 15.6 Å². The molecule has 6 heteroatoms. The third-order valence-corrected chi connectivity index (χ3v) is 3.10. The minimum atomic E-state index is -0.141. The molecule has 6 nitrogen and oxygen atoms in total. The number of hydrogen-bond donors (Lipinski definition) is 2. The number of amides is 2. The fourth-order valence-electron chi connectivity index (χ4n) is 2.07. The van der Waals surface area contributed by atoms with E-state index in [1.807, 2.05) is 17.7 Å². The highest BCUT2D eigenvalue weighted by atomic mass is 16.5. The lowest BCUT2D eigenvalue weighted by molar-refractivity contribution is 0.0860. The zero-order chi connectivity index (χ0) is 12.8. The van der Waals surface area contributed by atoms with Crippen LogP contribution in [-0.2, 0) is 11.3 Å². The second kappa shape index (κ2) is 6.39. The van der Waals surface area contributed by atoms with Crippen LogP contribution in [0.4, 0.5) is 4.79 Å². The number of carbonyl (C=O) groups is 1. The van der Waals surface area contributed by atoms with E-state index < -0.39 is 0 Å². The minimum Gasteiger partial charge on any atom is -0.376 e. The first-order valence-corrected chi connectivity index (χ1v) is 6.37. The summed E-state index contributed by atoms with van der Waals surface area (Å²) in [4.78, 5) is 15.6. The maximum absolute atomic E-state index is 11.6. The van der Waals surface area contributed by atoms with Crippen LogP contribution in [0.15, 0.2) is 18.7 Å². The van der Waals surface area contributed by atoms with Gasteiger partial charge in [-0.15, -0.1) is 0 Å². The molecule has 1 aliphatic rings. The quantitative estimate of drug-likeness (QED) is 0.812. The van der Waals surface area contributed by atoms with Crippen LogP contribution < -0.4 is 10.6 Å². The largest absolute Gasteiger partial charge is 0.376 e. The van der Waals surface area contributed by atoms with Crippen LogP contribution in [0.3, 0.4) is 0 Å². The lowest BCUT2D eigenvalue weighted by atomic mass is 10.1. The first-order chi connectivity index (χ1) is 8.75. The molecule has 1 saturated heterocycles. The van der Waals surface area contributed by atoms with Crippen molar-refractivity contribution in [2.75, 3.05) is 13.2 Å². The molecule has 1 aliphatic heterocycles. The molecule has 2 amide bonds. The molecule has 2 heterocycles. The highest BCUT2D eigenvalue weighted by Gasteiger charge is 2.23. The number of hydrogen-bond acceptors (Lipinski definition) is 3. The van der Waals surface area contributed by atoms with Gasteiger partial charge in [0.05, 0.1) is 18.5 Å². The second-order valence-corrected chi connectivity index (χ2v) is 4.54. The Morgan fingerprint density at radius 2 is 2.56 bits per heavy atom. The molecule has 0 aliphatic carbocycles. The molecular weight excluding hydrogens is 232 g/mol. The Morgan fingerprint density at radius 1 is 1.67 bits per heavy atom. The van der Waals surface area contributed by atoms with Gasteiger partial charge in [0.15, 0.2) is 0 Å². The zero-order valence-electron chi connectivity index (χ0n) is 10.6. The Morgan fingerprint density at radius 3 is 3.22 bits per heavy atom. The van der Waals surface area contributed by atoms with Gasteiger partial charge in [0.25, 0.3) is 0 Å². The zero-order valence-corrected chi connectivity index (χ0v) is 10.6. The average Bonchev–Trinajstić information content (AvgIpc) is 3.02. The van der Waals surface area contributed by atoms with Crippen LogP contribution >= 0.6 is 0 Å². The normalized spacial score (nSPS) is 20.6. The van der Waals surface area contributed by atoms with Crippen molar-refractivity contribution in [3.05, 3.63) is 18.7 Å². The van der Waals surface area contributed by atoms with E-state index in [0.29, 0.717) is 6.54 Å². The summed E-state index contributed by atoms with van der Waals surface area (Å²) < 4.78 is 7.44. The van der Waals surface area contributed by atoms with Crippen molar-refractivity contribution in [3.8, 4) is 0 Å². The summed E-state index contributed by atoms with van der Waals surface area (Å²) in [7, 11) is 0. The van der Waals surface area contributed by atoms with E-state index in [9.17, 15) is 4.79 Å². The summed E-state index contributed by atoms with van der Waals surface area (Å²) >= 11 is 0. The SMILES string of the molecule is CC(NC(=O)NCCn1ccnc1)C1CCCO1. The molecule has 0 radical (unpaired) electrons. The van der Waals surface area contributed by atoms with Gasteiger partial charge in [-0.1, -0.05) is 0 Å². The summed E-state index contributed by atoms with van der Waals surface area (Å²) in [6, 6.07) is -0.0844. The molecule has 1 fully saturated rings. The number of carbonyl (C=O) groups excluding carboxylic acids is 1. The Bertz CT molecular complexity index is 360. The Hall–Kier alpha value is -1.56. The smallest absolute Gasteiger partial charge is 0.315 e. The van der Waals surface area contributed by atoms with E-state index >= 15 is 0 Å². The molecule has 1 aromatic heterocycles. The first kappa shape index (κ1) is 12.9. The van der Waals surface area contributed by atoms with E-state index in [4.69, 9.17) is 4.74 Å². The standard InChI is InChI=1S/C12H20N4O2/c1-10(11-3-2-8-18-11)15-12(17)14-5-7-16-6-4-13-9-16/h4,6,9-11H,2-3,5,7-8H2,1H3,(H2,14,15,17). The van der Waals surface area contributed by atoms with Gasteiger partial charge in [-0.2, -0.15) is 0 Å². The monoisotopic (exact) mass is 252 g/mol. The van der Waals surface area contributed by atoms with E-state index in [-0.39, 0.29) is 18.2 Å². The van der Waals surface area contributed by atoms with Crippen LogP contribution in [0.5, 0.6) is 0 Å². The fraction of sp³-hybridized carbons (Fsp3) is 0.667. The highest BCUT2D eigenvalue weighted by Crippen LogP contribution is 2.15. The van der Waals surface area contributed by atoms with Crippen LogP contribution in [0, 0.1) is 0 Å². The number of ether oxygens (including phenoxy) is 1. The Balaban J connectivity index is 1.62. The number of nitrogens with zero attached hydrogens (tertiary/aromatic N) is 2. The summed E-state index contributed by atoms with van der Waals surface area (Å²) in [5.74, 6) is 0. The predicted molar refractivity (Wildman–Crippen MR) is 67.2 cm³/mol. The van der Waals surface area contributed by atoms with Gasteiger partial charge in [0.2, 0.25) is 0 Å². The van der Waals surface area contributed by atoms with Gasteiger partial charge in [-0.3, -0.25) is 0 Å². The second-order valence-electron chi connectivity index (χ2n) is 4.54. The van der Waals surface area contributed by atoms with Crippen molar-refractivity contribution in [2.24, 2.45) is 0 Å². The molecule has 2 unspecified atom stereocenters. The molecule has 2 N–H and O–H groups in total. The minimum absolute atomic E-state index is 0.0562. The fourth-order valence-corrected chi connectivity index (χ4v) is 2.07. The van der Waals surface area contributed by atoms with Crippen molar-refractivity contribution < 1.29 is 9.53 Å². The first-order valence-electron chi connectivity index (χ1n) is 6.37. The topological polar surface area (TPSA) is 68.2 Å². The lowest BCUT2D eigenvalue weighted by Gasteiger charge is -2.20. The molecule has 100 valence electrons. The van der Waals surface area contributed by atoms with Gasteiger partial charge in [-0.05, 0) is 19.8 Å². The summed E-state index contributed by atoms with van der Waals surface area (Å²) in [5, 5.41) is 5.72. The summed E-state index contributed by atoms with van der Waals surface area (Å²) in [6.07, 6.45) is 7.59. The molecule has 0 aromatic carbocycles. The van der Waals surface area contributed by atoms with Crippen molar-refractivity contribution in [2.45, 2.75) is 38.5 Å². The maximum Gasteiger partial charge on any atom is 0.315 e. The van der Waals surface area contributed by atoms with Crippen molar-refractivity contribution >= 4 is 6.03 Å². The van der Waals surface area contributed by atoms with E-state index in [0.717, 1.165) is 26.0 Å². The van der Waals surface area contributed by atoms with Gasteiger partial charge in [-0.25, -0.2) is 9.78 Å². The number of urea groups is 1. The molecule has 2 atom stereocenters. The Kier molecular flexibility index (Phi) is 4.58. The molecular formula is C12H20N4O2. The van der Waals surface area contributed by atoms with Gasteiger partial charge in [0.1, 0.15) is 0 Å². The van der Waals surface area contributed by atoms with E-state index in [1.165, 1.54) is 0 Å². The summed E-state index contributed by atoms with van der Waals surface area (Å²) in [6.45, 7) is 4.09. The maximum atomic E-state index is 11.6. The number of aromatic nitrogens is 2. The van der Waals surface area contributed by atoms with Gasteiger partial charge in [0, 0.05) is 32.1 Å². The van der Waals surface area contributed by atoms with Gasteiger partial charge >= 0.3 is 6.03 Å². The molecule has 0 spiro atoms. The van der Waals surface area contributed by atoms with Crippen LogP contribution in [0.1, 0.15) is 19.8 Å². The molecule has 0 saturated carbocycles. The van der Waals surface area contributed by atoms with Crippen molar-refractivity contribution in [1.82, 2.24) is 20.2 Å². The highest BCUT2D eigenvalue weighted by molar-refractivity contribution is 5.74. The molecule has 2 rings (SSSR count). The number of nitrogens with one attached hydrogen (secondary N) is 2. The predicted octanol–water partition coefficient (Wildman–Crippen LogP) is 0.750. The average molecular weight is 252 g/mol. The molecule has 18 heavy (non-hydrogen) atoms. The van der Waals surface area contributed by atoms with Crippen LogP contribution in [0.2, 0.25) is 0 Å². The molecule has 1 aromatic rings.